The van der Waals surface area contributed by atoms with Crippen LogP contribution in [0.1, 0.15) is 39.0 Å². The molecule has 1 rings (SSSR count). The van der Waals surface area contributed by atoms with Crippen molar-refractivity contribution in [2.45, 2.75) is 45.3 Å². The van der Waals surface area contributed by atoms with E-state index in [9.17, 15) is 9.59 Å². The second-order valence-corrected chi connectivity index (χ2v) is 4.40. The van der Waals surface area contributed by atoms with Crippen LogP contribution < -0.4 is 5.32 Å². The van der Waals surface area contributed by atoms with Crippen LogP contribution in [0.25, 0.3) is 0 Å². The van der Waals surface area contributed by atoms with Crippen LogP contribution in [0.4, 0.5) is 4.79 Å². The van der Waals surface area contributed by atoms with Gasteiger partial charge in [-0.15, -0.1) is 0 Å². The van der Waals surface area contributed by atoms with Crippen molar-refractivity contribution in [1.82, 2.24) is 5.32 Å². The summed E-state index contributed by atoms with van der Waals surface area (Å²) in [7, 11) is 0.986. The number of nitriles is 1. The Morgan fingerprint density at radius 2 is 2.05 bits per heavy atom. The Bertz CT molecular complexity index is 401. The van der Waals surface area contributed by atoms with Crippen molar-refractivity contribution in [3.05, 3.63) is 0 Å². The van der Waals surface area contributed by atoms with E-state index < -0.39 is 12.4 Å². The number of hydrogen-bond acceptors (Lipinski definition) is 6. The van der Waals surface area contributed by atoms with E-state index in [4.69, 9.17) is 14.7 Å². The van der Waals surface area contributed by atoms with Gasteiger partial charge in [0.05, 0.1) is 0 Å². The normalized spacial score (nSPS) is 16.6. The molecule has 0 aliphatic heterocycles. The van der Waals surface area contributed by atoms with E-state index in [1.54, 1.807) is 0 Å². The summed E-state index contributed by atoms with van der Waals surface area (Å²) >= 11 is 0. The first-order chi connectivity index (χ1) is 9.63. The van der Waals surface area contributed by atoms with Gasteiger partial charge in [-0.3, -0.25) is 0 Å². The summed E-state index contributed by atoms with van der Waals surface area (Å²) in [4.78, 5) is 23.0. The zero-order valence-corrected chi connectivity index (χ0v) is 11.3. The molecule has 1 N–H and O–H groups in total. The fourth-order valence-electron chi connectivity index (χ4n) is 1.97. The summed E-state index contributed by atoms with van der Waals surface area (Å²) in [5.74, 6) is -0.421. The predicted molar refractivity (Wildman–Crippen MR) is 70.3 cm³/mol. The van der Waals surface area contributed by atoms with Gasteiger partial charge in [0.15, 0.2) is 0 Å². The minimum atomic E-state index is -0.963. The molecule has 1 atom stereocenters. The van der Waals surface area contributed by atoms with Crippen molar-refractivity contribution < 1.29 is 23.7 Å². The number of esters is 1. The fourth-order valence-corrected chi connectivity index (χ4v) is 1.97. The molecule has 8 heteroatoms. The van der Waals surface area contributed by atoms with Crippen molar-refractivity contribution in [2.75, 3.05) is 0 Å². The second-order valence-electron chi connectivity index (χ2n) is 4.40. The van der Waals surface area contributed by atoms with Crippen molar-refractivity contribution in [3.63, 3.8) is 0 Å². The molecule has 1 amide bonds. The van der Waals surface area contributed by atoms with E-state index in [1.165, 1.54) is 13.2 Å². The van der Waals surface area contributed by atoms with Gasteiger partial charge in [0.25, 0.3) is 0 Å². The van der Waals surface area contributed by atoms with Crippen molar-refractivity contribution >= 4 is 25.3 Å². The number of nitrogens with zero attached hydrogens (tertiary/aromatic N) is 1. The summed E-state index contributed by atoms with van der Waals surface area (Å²) in [6.45, 7) is 1.47. The van der Waals surface area contributed by atoms with Gasteiger partial charge in [0, 0.05) is 0 Å². The molecule has 0 aromatic heterocycles. The molecule has 0 aromatic carbocycles. The molecular weight excluding hydrogens is 263 g/mol. The first-order valence-electron chi connectivity index (χ1n) is 6.51. The van der Waals surface area contributed by atoms with Gasteiger partial charge in [-0.1, -0.05) is 0 Å². The standard InChI is InChI=1S/C12H17BN2O5/c1-9(20-12(17)15-7-13-18-8-14)19-11(16)10-5-3-2-4-6-10/h7,9-10H,2-6H2,1H3,(H,15,17). The molecule has 0 radical (unpaired) electrons. The Hall–Kier alpha value is -2.04. The van der Waals surface area contributed by atoms with E-state index >= 15 is 0 Å². The molecule has 0 spiro atoms. The van der Waals surface area contributed by atoms with E-state index in [2.05, 4.69) is 9.97 Å². The van der Waals surface area contributed by atoms with Crippen molar-refractivity contribution in [1.29, 1.82) is 5.26 Å². The number of carbonyl (C=O) groups is 2. The number of carbonyl (C=O) groups excluding carboxylic acids is 2. The summed E-state index contributed by atoms with van der Waals surface area (Å²) in [6, 6.07) is 0. The van der Waals surface area contributed by atoms with Crippen LogP contribution in [-0.2, 0) is 18.9 Å². The second kappa shape index (κ2) is 8.96. The van der Waals surface area contributed by atoms with Crippen LogP contribution >= 0.6 is 0 Å². The van der Waals surface area contributed by atoms with Crippen LogP contribution in [0.2, 0.25) is 0 Å². The van der Waals surface area contributed by atoms with Gasteiger partial charge in [-0.25, -0.2) is 0 Å². The average Bonchev–Trinajstić information content (AvgIpc) is 2.44. The maximum atomic E-state index is 11.8. The maximum absolute atomic E-state index is 11.8. The Labute approximate surface area is 118 Å². The Morgan fingerprint density at radius 1 is 1.35 bits per heavy atom. The molecular formula is C12H17BN2O5. The first-order valence-corrected chi connectivity index (χ1v) is 6.51. The molecule has 0 bridgehead atoms. The molecule has 1 aliphatic carbocycles. The molecule has 1 fully saturated rings. The number of hydrogen-bond donors (Lipinski definition) is 1. The van der Waals surface area contributed by atoms with Crippen LogP contribution in [0.15, 0.2) is 0 Å². The van der Waals surface area contributed by atoms with Gasteiger partial charge < -0.3 is 0 Å². The summed E-state index contributed by atoms with van der Waals surface area (Å²) < 4.78 is 14.1. The third-order valence-corrected chi connectivity index (χ3v) is 2.88. The minimum absolute atomic E-state index is 0.0956. The molecule has 108 valence electrons. The third-order valence-electron chi connectivity index (χ3n) is 2.88. The Balaban J connectivity index is 2.24. The molecule has 0 aromatic rings. The predicted octanol–water partition coefficient (Wildman–Crippen LogP) is 1.06. The van der Waals surface area contributed by atoms with Crippen LogP contribution in [0.3, 0.4) is 0 Å². The monoisotopic (exact) mass is 280 g/mol. The zero-order valence-electron chi connectivity index (χ0n) is 11.3. The van der Waals surface area contributed by atoms with E-state index in [0.717, 1.165) is 45.3 Å². The summed E-state index contributed by atoms with van der Waals surface area (Å²) in [5.41, 5.74) is 0. The summed E-state index contributed by atoms with van der Waals surface area (Å²) in [6.07, 6.45) is 5.59. The molecule has 1 unspecified atom stereocenters. The van der Waals surface area contributed by atoms with E-state index in [-0.39, 0.29) is 11.9 Å². The fraction of sp³-hybridized carbons (Fsp3) is 0.667. The zero-order chi connectivity index (χ0) is 14.8. The van der Waals surface area contributed by atoms with Gasteiger partial charge >= 0.3 is 117 Å². The van der Waals surface area contributed by atoms with Crippen LogP contribution in [-0.4, -0.2) is 31.6 Å². The van der Waals surface area contributed by atoms with Gasteiger partial charge in [0.1, 0.15) is 0 Å². The van der Waals surface area contributed by atoms with Gasteiger partial charge in [-0.05, 0) is 0 Å². The molecule has 1 aliphatic rings. The number of amides is 1. The van der Waals surface area contributed by atoms with Crippen LogP contribution in [0.5, 0.6) is 0 Å². The molecule has 0 saturated heterocycles. The Kier molecular flexibility index (Phi) is 7.18. The topological polar surface area (TPSA) is 97.7 Å². The number of ether oxygens (including phenoxy) is 2. The van der Waals surface area contributed by atoms with Crippen molar-refractivity contribution in [2.24, 2.45) is 5.92 Å². The number of alkyl carbamates (subject to hydrolysis) is 1. The first kappa shape index (κ1) is 16.0. The number of rotatable bonds is 5. The summed E-state index contributed by atoms with van der Waals surface area (Å²) in [5, 5.41) is 10.3. The van der Waals surface area contributed by atoms with Gasteiger partial charge in [0.2, 0.25) is 0 Å². The van der Waals surface area contributed by atoms with E-state index in [1.807, 2.05) is 0 Å². The van der Waals surface area contributed by atoms with Gasteiger partial charge in [-0.2, -0.15) is 0 Å². The van der Waals surface area contributed by atoms with Crippen molar-refractivity contribution in [3.8, 4) is 6.26 Å². The SMILES string of the molecule is CC(OC(=O)NC=BOC#N)OC(=O)C1CCCCC1. The Morgan fingerprint density at radius 3 is 2.70 bits per heavy atom. The third kappa shape index (κ3) is 6.23. The molecule has 0 heterocycles. The molecule has 1 saturated carbocycles. The van der Waals surface area contributed by atoms with E-state index in [0.29, 0.717) is 0 Å². The molecule has 7 nitrogen and oxygen atoms in total. The average molecular weight is 280 g/mol. The van der Waals surface area contributed by atoms with Crippen LogP contribution in [0, 0.1) is 17.4 Å². The number of nitrogens with one attached hydrogen (secondary N) is 1. The quantitative estimate of drug-likeness (QED) is 0.350. The molecule has 20 heavy (non-hydrogen) atoms.